The van der Waals surface area contributed by atoms with Crippen molar-refractivity contribution in [3.8, 4) is 0 Å². The Labute approximate surface area is 94.9 Å². The van der Waals surface area contributed by atoms with Crippen LogP contribution in [0.1, 0.15) is 39.1 Å². The molecule has 0 fully saturated rings. The molecule has 0 radical (unpaired) electrons. The average molecular weight is 226 g/mol. The first-order valence-corrected chi connectivity index (χ1v) is 6.01. The van der Waals surface area contributed by atoms with Gasteiger partial charge in [-0.3, -0.25) is 4.79 Å². The van der Waals surface area contributed by atoms with Gasteiger partial charge in [0.2, 0.25) is 5.91 Å². The van der Waals surface area contributed by atoms with E-state index in [4.69, 9.17) is 0 Å². The van der Waals surface area contributed by atoms with E-state index in [0.717, 1.165) is 5.01 Å². The molecule has 1 amide bonds. The summed E-state index contributed by atoms with van der Waals surface area (Å²) in [4.78, 5) is 15.9. The zero-order valence-electron chi connectivity index (χ0n) is 9.70. The van der Waals surface area contributed by atoms with Crippen LogP contribution in [0.5, 0.6) is 0 Å². The maximum atomic E-state index is 11.6. The van der Waals surface area contributed by atoms with Crippen molar-refractivity contribution in [1.29, 1.82) is 0 Å². The van der Waals surface area contributed by atoms with Crippen LogP contribution < -0.4 is 5.32 Å². The maximum absolute atomic E-state index is 11.6. The second kappa shape index (κ2) is 4.75. The molecule has 0 unspecified atom stereocenters. The number of carbonyl (C=O) groups is 1. The van der Waals surface area contributed by atoms with Crippen molar-refractivity contribution in [3.63, 3.8) is 0 Å². The molecule has 1 rings (SSSR count). The third-order valence-electron chi connectivity index (χ3n) is 2.01. The number of carbonyl (C=O) groups excluding carboxylic acids is 1. The predicted molar refractivity (Wildman–Crippen MR) is 62.7 cm³/mol. The van der Waals surface area contributed by atoms with Crippen LogP contribution in [0.3, 0.4) is 0 Å². The van der Waals surface area contributed by atoms with Crippen LogP contribution >= 0.6 is 11.3 Å². The zero-order valence-corrected chi connectivity index (χ0v) is 10.5. The Balaban J connectivity index is 2.61. The molecule has 84 valence electrons. The Morgan fingerprint density at radius 3 is 2.73 bits per heavy atom. The summed E-state index contributed by atoms with van der Waals surface area (Å²) < 4.78 is 0. The first-order valence-electron chi connectivity index (χ1n) is 5.13. The van der Waals surface area contributed by atoms with E-state index in [2.05, 4.69) is 10.3 Å². The maximum Gasteiger partial charge on any atom is 0.221 e. The molecule has 1 aromatic rings. The highest BCUT2D eigenvalue weighted by atomic mass is 32.1. The molecule has 0 spiro atoms. The van der Waals surface area contributed by atoms with Crippen molar-refractivity contribution < 1.29 is 4.79 Å². The standard InChI is InChI=1S/C11H18N2OS/c1-8(2)7-9(14)13-11(3,4)10-12-5-6-15-10/h5-6,8H,7H2,1-4H3,(H,13,14). The van der Waals surface area contributed by atoms with Crippen LogP contribution in [0.25, 0.3) is 0 Å². The lowest BCUT2D eigenvalue weighted by Crippen LogP contribution is -2.41. The van der Waals surface area contributed by atoms with E-state index in [1.165, 1.54) is 0 Å². The van der Waals surface area contributed by atoms with Gasteiger partial charge in [0.15, 0.2) is 0 Å². The predicted octanol–water partition coefficient (Wildman–Crippen LogP) is 2.54. The molecule has 1 N–H and O–H groups in total. The molecule has 0 saturated heterocycles. The summed E-state index contributed by atoms with van der Waals surface area (Å²) in [5.41, 5.74) is -0.361. The Bertz CT molecular complexity index is 317. The van der Waals surface area contributed by atoms with Gasteiger partial charge in [0.25, 0.3) is 0 Å². The van der Waals surface area contributed by atoms with Crippen LogP contribution in [-0.2, 0) is 10.3 Å². The van der Waals surface area contributed by atoms with Crippen molar-refractivity contribution in [2.24, 2.45) is 5.92 Å². The summed E-state index contributed by atoms with van der Waals surface area (Å²) in [5, 5.41) is 5.87. The fraction of sp³-hybridized carbons (Fsp3) is 0.636. The summed E-state index contributed by atoms with van der Waals surface area (Å²) in [6.07, 6.45) is 2.32. The van der Waals surface area contributed by atoms with Crippen LogP contribution in [0.2, 0.25) is 0 Å². The third kappa shape index (κ3) is 3.63. The average Bonchev–Trinajstić information content (AvgIpc) is 2.51. The minimum atomic E-state index is -0.361. The Morgan fingerprint density at radius 1 is 1.60 bits per heavy atom. The minimum absolute atomic E-state index is 0.0881. The Morgan fingerprint density at radius 2 is 2.27 bits per heavy atom. The molecule has 0 aliphatic rings. The Hall–Kier alpha value is -0.900. The second-order valence-corrected chi connectivity index (χ2v) is 5.50. The van der Waals surface area contributed by atoms with E-state index >= 15 is 0 Å². The van der Waals surface area contributed by atoms with Crippen molar-refractivity contribution in [2.75, 3.05) is 0 Å². The highest BCUT2D eigenvalue weighted by Crippen LogP contribution is 2.22. The fourth-order valence-electron chi connectivity index (χ4n) is 1.36. The number of amides is 1. The Kier molecular flexibility index (Phi) is 3.85. The molecule has 15 heavy (non-hydrogen) atoms. The van der Waals surface area contributed by atoms with Gasteiger partial charge in [-0.05, 0) is 19.8 Å². The van der Waals surface area contributed by atoms with E-state index in [0.29, 0.717) is 12.3 Å². The molecule has 0 bridgehead atoms. The quantitative estimate of drug-likeness (QED) is 0.857. The van der Waals surface area contributed by atoms with Crippen molar-refractivity contribution in [1.82, 2.24) is 10.3 Å². The van der Waals surface area contributed by atoms with Gasteiger partial charge in [-0.25, -0.2) is 4.98 Å². The van der Waals surface area contributed by atoms with E-state index < -0.39 is 0 Å². The molecule has 0 saturated carbocycles. The van der Waals surface area contributed by atoms with E-state index in [-0.39, 0.29) is 11.4 Å². The SMILES string of the molecule is CC(C)CC(=O)NC(C)(C)c1nccs1. The first kappa shape index (κ1) is 12.2. The molecule has 0 atom stereocenters. The molecule has 1 aromatic heterocycles. The molecule has 0 aliphatic heterocycles. The van der Waals surface area contributed by atoms with Gasteiger partial charge < -0.3 is 5.32 Å². The van der Waals surface area contributed by atoms with Crippen molar-refractivity contribution in [3.05, 3.63) is 16.6 Å². The van der Waals surface area contributed by atoms with Crippen LogP contribution in [0.15, 0.2) is 11.6 Å². The molecule has 0 aromatic carbocycles. The largest absolute Gasteiger partial charge is 0.345 e. The first-order chi connectivity index (χ1) is 6.92. The highest BCUT2D eigenvalue weighted by molar-refractivity contribution is 7.09. The summed E-state index contributed by atoms with van der Waals surface area (Å²) in [7, 11) is 0. The lowest BCUT2D eigenvalue weighted by atomic mass is 10.0. The molecule has 4 heteroatoms. The second-order valence-electron chi connectivity index (χ2n) is 4.61. The number of thiazole rings is 1. The van der Waals surface area contributed by atoms with Crippen LogP contribution in [-0.4, -0.2) is 10.9 Å². The van der Waals surface area contributed by atoms with Gasteiger partial charge in [-0.15, -0.1) is 11.3 Å². The third-order valence-corrected chi connectivity index (χ3v) is 3.11. The van der Waals surface area contributed by atoms with Gasteiger partial charge in [-0.2, -0.15) is 0 Å². The fourth-order valence-corrected chi connectivity index (χ4v) is 2.07. The van der Waals surface area contributed by atoms with Gasteiger partial charge in [0, 0.05) is 18.0 Å². The van der Waals surface area contributed by atoms with Gasteiger partial charge in [-0.1, -0.05) is 13.8 Å². The number of rotatable bonds is 4. The van der Waals surface area contributed by atoms with Crippen molar-refractivity contribution >= 4 is 17.2 Å². The van der Waals surface area contributed by atoms with E-state index in [1.54, 1.807) is 17.5 Å². The molecular weight excluding hydrogens is 208 g/mol. The van der Waals surface area contributed by atoms with Crippen LogP contribution in [0.4, 0.5) is 0 Å². The zero-order chi connectivity index (χ0) is 11.5. The van der Waals surface area contributed by atoms with Gasteiger partial charge in [0.05, 0.1) is 5.54 Å². The van der Waals surface area contributed by atoms with E-state index in [9.17, 15) is 4.79 Å². The lowest BCUT2D eigenvalue weighted by Gasteiger charge is -2.24. The monoisotopic (exact) mass is 226 g/mol. The van der Waals surface area contributed by atoms with Crippen molar-refractivity contribution in [2.45, 2.75) is 39.7 Å². The number of nitrogens with zero attached hydrogens (tertiary/aromatic N) is 1. The highest BCUT2D eigenvalue weighted by Gasteiger charge is 2.25. The number of hydrogen-bond donors (Lipinski definition) is 1. The van der Waals surface area contributed by atoms with Gasteiger partial charge in [0.1, 0.15) is 5.01 Å². The van der Waals surface area contributed by atoms with Crippen LogP contribution in [0, 0.1) is 5.92 Å². The topological polar surface area (TPSA) is 42.0 Å². The molecular formula is C11H18N2OS. The number of aromatic nitrogens is 1. The summed E-state index contributed by atoms with van der Waals surface area (Å²) in [6, 6.07) is 0. The minimum Gasteiger partial charge on any atom is -0.345 e. The lowest BCUT2D eigenvalue weighted by molar-refractivity contribution is -0.123. The molecule has 3 nitrogen and oxygen atoms in total. The molecule has 0 aliphatic carbocycles. The van der Waals surface area contributed by atoms with E-state index in [1.807, 2.05) is 33.1 Å². The summed E-state index contributed by atoms with van der Waals surface area (Å²) in [5.74, 6) is 0.474. The summed E-state index contributed by atoms with van der Waals surface area (Å²) >= 11 is 1.56. The summed E-state index contributed by atoms with van der Waals surface area (Å²) in [6.45, 7) is 8.03. The molecule has 1 heterocycles. The number of nitrogens with one attached hydrogen (secondary N) is 1. The normalized spacial score (nSPS) is 11.8. The van der Waals surface area contributed by atoms with Gasteiger partial charge >= 0.3 is 0 Å². The number of hydrogen-bond acceptors (Lipinski definition) is 3. The smallest absolute Gasteiger partial charge is 0.221 e.